The minimum absolute atomic E-state index is 0.112. The molecule has 2 aliphatic heterocycles. The monoisotopic (exact) mass is 590 g/mol. The van der Waals surface area contributed by atoms with E-state index in [-0.39, 0.29) is 23.6 Å². The number of pyridine rings is 1. The third-order valence-electron chi connectivity index (χ3n) is 7.27. The molecule has 39 heavy (non-hydrogen) atoms. The van der Waals surface area contributed by atoms with Crippen LogP contribution in [0.3, 0.4) is 0 Å². The van der Waals surface area contributed by atoms with Crippen molar-refractivity contribution >= 4 is 40.7 Å². The van der Waals surface area contributed by atoms with Gasteiger partial charge in [0.2, 0.25) is 0 Å². The Kier molecular flexibility index (Phi) is 9.46. The normalized spacial score (nSPS) is 21.7. The Morgan fingerprint density at radius 2 is 1.82 bits per heavy atom. The number of amides is 2. The number of likely N-dealkylation sites (tertiary alicyclic amines) is 1. The molecule has 0 spiro atoms. The fourth-order valence-electron chi connectivity index (χ4n) is 5.32. The van der Waals surface area contributed by atoms with Gasteiger partial charge in [0.05, 0.1) is 16.9 Å². The summed E-state index contributed by atoms with van der Waals surface area (Å²) in [7, 11) is 0. The van der Waals surface area contributed by atoms with Gasteiger partial charge in [-0.3, -0.25) is 9.80 Å². The van der Waals surface area contributed by atoms with Crippen LogP contribution in [0.1, 0.15) is 32.3 Å². The van der Waals surface area contributed by atoms with E-state index in [0.717, 1.165) is 32.5 Å². The summed E-state index contributed by atoms with van der Waals surface area (Å²) in [6.45, 7) is 6.68. The number of hydrogen-bond acceptors (Lipinski definition) is 5. The Bertz CT molecular complexity index is 1160. The highest BCUT2D eigenvalue weighted by Crippen LogP contribution is 2.32. The lowest BCUT2D eigenvalue weighted by Crippen LogP contribution is -2.61. The van der Waals surface area contributed by atoms with Crippen LogP contribution in [0.4, 0.5) is 33.9 Å². The molecule has 7 nitrogen and oxygen atoms in total. The molecule has 0 aliphatic carbocycles. The second-order valence-electron chi connectivity index (χ2n) is 10.2. The van der Waals surface area contributed by atoms with E-state index >= 15 is 0 Å². The molecule has 0 radical (unpaired) electrons. The fraction of sp³-hybridized carbons (Fsp3) is 0.538. The summed E-state index contributed by atoms with van der Waals surface area (Å²) in [4.78, 5) is 23.1. The van der Waals surface area contributed by atoms with Crippen molar-refractivity contribution in [1.29, 1.82) is 0 Å². The first kappa shape index (κ1) is 29.6. The van der Waals surface area contributed by atoms with Gasteiger partial charge in [-0.2, -0.15) is 13.2 Å². The number of anilines is 2. The fourth-order valence-corrected chi connectivity index (χ4v) is 5.76. The van der Waals surface area contributed by atoms with Gasteiger partial charge in [0.25, 0.3) is 0 Å². The number of halogens is 6. The zero-order valence-electron chi connectivity index (χ0n) is 21.7. The first-order chi connectivity index (χ1) is 18.4. The Labute approximate surface area is 235 Å². The van der Waals surface area contributed by atoms with E-state index in [2.05, 4.69) is 38.8 Å². The molecule has 214 valence electrons. The highest BCUT2D eigenvalue weighted by molar-refractivity contribution is 6.33. The maximum atomic E-state index is 14.2. The van der Waals surface area contributed by atoms with E-state index < -0.39 is 18.8 Å². The van der Waals surface area contributed by atoms with E-state index in [1.807, 2.05) is 0 Å². The summed E-state index contributed by atoms with van der Waals surface area (Å²) in [6, 6.07) is 6.08. The topological polar surface area (TPSA) is 63.7 Å². The molecule has 2 aliphatic rings. The Hall–Kier alpha value is -2.34. The van der Waals surface area contributed by atoms with Gasteiger partial charge in [-0.05, 0) is 58.0 Å². The maximum Gasteiger partial charge on any atom is 0.405 e. The summed E-state index contributed by atoms with van der Waals surface area (Å²) in [6.07, 6.45) is -1.14. The zero-order valence-corrected chi connectivity index (χ0v) is 23.3. The van der Waals surface area contributed by atoms with E-state index in [0.29, 0.717) is 40.6 Å². The van der Waals surface area contributed by atoms with Crippen LogP contribution in [0, 0.1) is 5.82 Å². The molecule has 2 amide bonds. The number of alkyl halides is 3. The number of rotatable bonds is 6. The van der Waals surface area contributed by atoms with Crippen LogP contribution in [-0.4, -0.2) is 77.8 Å². The molecule has 1 aromatic carbocycles. The van der Waals surface area contributed by atoms with Crippen LogP contribution in [-0.2, 0) is 6.54 Å². The molecule has 0 bridgehead atoms. The van der Waals surface area contributed by atoms with Crippen LogP contribution in [0.5, 0.6) is 0 Å². The van der Waals surface area contributed by atoms with Gasteiger partial charge >= 0.3 is 12.2 Å². The molecule has 3 heterocycles. The van der Waals surface area contributed by atoms with Crippen molar-refractivity contribution < 1.29 is 22.4 Å². The number of hydrogen-bond donors (Lipinski definition) is 2. The van der Waals surface area contributed by atoms with Gasteiger partial charge in [-0.25, -0.2) is 14.2 Å². The van der Waals surface area contributed by atoms with Crippen LogP contribution in [0.25, 0.3) is 0 Å². The summed E-state index contributed by atoms with van der Waals surface area (Å²) in [5.74, 6) is 0.292. The number of urea groups is 1. The predicted molar refractivity (Wildman–Crippen MR) is 145 cm³/mol. The van der Waals surface area contributed by atoms with Crippen molar-refractivity contribution in [1.82, 2.24) is 20.1 Å². The zero-order chi connectivity index (χ0) is 28.3. The average Bonchev–Trinajstić information content (AvgIpc) is 2.86. The summed E-state index contributed by atoms with van der Waals surface area (Å²) < 4.78 is 51.2. The van der Waals surface area contributed by atoms with Gasteiger partial charge in [-0.1, -0.05) is 29.3 Å². The largest absolute Gasteiger partial charge is 0.405 e. The van der Waals surface area contributed by atoms with Crippen molar-refractivity contribution in [2.24, 2.45) is 0 Å². The Balaban J connectivity index is 1.31. The van der Waals surface area contributed by atoms with Gasteiger partial charge in [-0.15, -0.1) is 0 Å². The summed E-state index contributed by atoms with van der Waals surface area (Å²) in [5.41, 5.74) is 0.856. The molecular weight excluding hydrogens is 559 g/mol. The molecule has 1 aromatic heterocycles. The molecule has 2 fully saturated rings. The second-order valence-corrected chi connectivity index (χ2v) is 11.1. The van der Waals surface area contributed by atoms with Crippen LogP contribution >= 0.6 is 23.2 Å². The molecule has 0 unspecified atom stereocenters. The molecule has 13 heteroatoms. The van der Waals surface area contributed by atoms with Gasteiger partial charge in [0.15, 0.2) is 0 Å². The highest BCUT2D eigenvalue weighted by atomic mass is 35.5. The minimum Gasteiger partial charge on any atom is -0.350 e. The molecule has 0 saturated carbocycles. The van der Waals surface area contributed by atoms with Gasteiger partial charge < -0.3 is 15.5 Å². The molecule has 2 aromatic rings. The lowest BCUT2D eigenvalue weighted by Gasteiger charge is -2.49. The Morgan fingerprint density at radius 1 is 1.10 bits per heavy atom. The van der Waals surface area contributed by atoms with Crippen LogP contribution < -0.4 is 15.5 Å². The molecule has 4 rings (SSSR count). The number of piperidine rings is 1. The molecule has 2 atom stereocenters. The number of nitrogens with one attached hydrogen (secondary N) is 2. The lowest BCUT2D eigenvalue weighted by molar-refractivity contribution is -0.122. The third kappa shape index (κ3) is 7.87. The average molecular weight is 591 g/mol. The summed E-state index contributed by atoms with van der Waals surface area (Å²) >= 11 is 12.4. The SMILES string of the molecule is C[C@@H]1CN(C2CCN(Cc3ccc(Cl)cc3F)CC2)[C@@H](C)CN1c1ncc(NC(=O)NCC(F)(F)F)cc1Cl. The maximum absolute atomic E-state index is 14.2. The minimum atomic E-state index is -4.50. The predicted octanol–water partition coefficient (Wildman–Crippen LogP) is 5.77. The first-order valence-electron chi connectivity index (χ1n) is 12.9. The van der Waals surface area contributed by atoms with Gasteiger partial charge in [0.1, 0.15) is 18.2 Å². The number of carbonyl (C=O) groups is 1. The highest BCUT2D eigenvalue weighted by Gasteiger charge is 2.36. The van der Waals surface area contributed by atoms with Crippen molar-refractivity contribution in [3.63, 3.8) is 0 Å². The molecular formula is C26H32Cl2F4N6O. The smallest absolute Gasteiger partial charge is 0.350 e. The number of piperazine rings is 1. The third-order valence-corrected chi connectivity index (χ3v) is 7.78. The second kappa shape index (κ2) is 12.4. The molecule has 2 N–H and O–H groups in total. The van der Waals surface area contributed by atoms with Crippen LogP contribution in [0.15, 0.2) is 30.5 Å². The van der Waals surface area contributed by atoms with Crippen LogP contribution in [0.2, 0.25) is 10.0 Å². The van der Waals surface area contributed by atoms with E-state index in [4.69, 9.17) is 23.2 Å². The van der Waals surface area contributed by atoms with E-state index in [9.17, 15) is 22.4 Å². The number of benzene rings is 1. The quantitative estimate of drug-likeness (QED) is 0.418. The number of carbonyl (C=O) groups excluding carboxylic acids is 1. The number of nitrogens with zero attached hydrogens (tertiary/aromatic N) is 4. The molecule has 2 saturated heterocycles. The first-order valence-corrected chi connectivity index (χ1v) is 13.6. The van der Waals surface area contributed by atoms with Crippen molar-refractivity contribution in [2.45, 2.75) is 57.5 Å². The standard InChI is InChI=1S/C26H32Cl2F4N6O/c1-16-13-38(24-22(28)10-20(11-33-24)35-25(39)34-15-26(30,31)32)17(2)12-37(16)21-5-7-36(8-6-21)14-18-3-4-19(27)9-23(18)29/h3-4,9-11,16-17,21H,5-8,12-15H2,1-2H3,(H2,34,35,39)/t16-,17+/m0/s1. The van der Waals surface area contributed by atoms with Crippen molar-refractivity contribution in [2.75, 3.05) is 42.9 Å². The van der Waals surface area contributed by atoms with Crippen molar-refractivity contribution in [3.05, 3.63) is 51.9 Å². The van der Waals surface area contributed by atoms with E-state index in [1.54, 1.807) is 17.4 Å². The summed E-state index contributed by atoms with van der Waals surface area (Å²) in [5, 5.41) is 4.78. The Morgan fingerprint density at radius 3 is 2.46 bits per heavy atom. The van der Waals surface area contributed by atoms with E-state index in [1.165, 1.54) is 18.3 Å². The lowest BCUT2D eigenvalue weighted by atomic mass is 9.97. The number of aromatic nitrogens is 1. The van der Waals surface area contributed by atoms with Crippen molar-refractivity contribution in [3.8, 4) is 0 Å². The van der Waals surface area contributed by atoms with Gasteiger partial charge in [0, 0.05) is 48.3 Å².